The molecule has 3 aromatic heterocycles. The second-order valence-corrected chi connectivity index (χ2v) is 12.7. The normalized spacial score (nSPS) is 13.1. The highest BCUT2D eigenvalue weighted by Crippen LogP contribution is 2.38. The maximum absolute atomic E-state index is 13.9. The van der Waals surface area contributed by atoms with Gasteiger partial charge in [-0.15, -0.1) is 0 Å². The van der Waals surface area contributed by atoms with E-state index in [9.17, 15) is 22.4 Å². The van der Waals surface area contributed by atoms with Crippen LogP contribution in [-0.2, 0) is 10.0 Å². The van der Waals surface area contributed by atoms with Gasteiger partial charge in [0.05, 0.1) is 29.2 Å². The molecule has 1 saturated carbocycles. The topological polar surface area (TPSA) is 117 Å². The van der Waals surface area contributed by atoms with Gasteiger partial charge in [-0.05, 0) is 79.9 Å². The van der Waals surface area contributed by atoms with Crippen LogP contribution in [0.25, 0.3) is 27.9 Å². The summed E-state index contributed by atoms with van der Waals surface area (Å²) in [6.07, 6.45) is 6.09. The van der Waals surface area contributed by atoms with Crippen LogP contribution in [0.15, 0.2) is 85.2 Å². The molecular weight excluding hydrogens is 595 g/mol. The molecule has 230 valence electrons. The Morgan fingerprint density at radius 1 is 1.02 bits per heavy atom. The fraction of sp³-hybridized carbons (Fsp3) is 0.212. The summed E-state index contributed by atoms with van der Waals surface area (Å²) in [5.41, 5.74) is 3.24. The van der Waals surface area contributed by atoms with E-state index >= 15 is 0 Å². The van der Waals surface area contributed by atoms with Gasteiger partial charge in [-0.25, -0.2) is 22.3 Å². The van der Waals surface area contributed by atoms with Crippen molar-refractivity contribution in [3.05, 3.63) is 102 Å². The van der Waals surface area contributed by atoms with E-state index in [1.165, 1.54) is 40.1 Å². The molecular formula is C33H31FN6O4S. The van der Waals surface area contributed by atoms with Gasteiger partial charge in [0.25, 0.3) is 11.8 Å². The second kappa shape index (κ2) is 11.8. The number of rotatable bonds is 9. The van der Waals surface area contributed by atoms with E-state index in [1.54, 1.807) is 66.7 Å². The lowest BCUT2D eigenvalue weighted by molar-refractivity contribution is 0.0962. The molecule has 0 unspecified atom stereocenters. The molecule has 0 radical (unpaired) electrons. The first kappa shape index (κ1) is 29.9. The highest BCUT2D eigenvalue weighted by atomic mass is 32.2. The van der Waals surface area contributed by atoms with Gasteiger partial charge in [0.1, 0.15) is 17.3 Å². The van der Waals surface area contributed by atoms with E-state index in [0.717, 1.165) is 19.1 Å². The average molecular weight is 627 g/mol. The zero-order chi connectivity index (χ0) is 31.9. The SMILES string of the molecule is CCN(c1cn2nc(-c3ccc(F)cc3)c(C(=O)NC)c2cc1-c1cccc(C(=O)N(c2ccccn2)C2CC2)c1)S(C)(=O)=O. The third-order valence-electron chi connectivity index (χ3n) is 7.72. The maximum atomic E-state index is 13.9. The number of aromatic nitrogens is 3. The van der Waals surface area contributed by atoms with E-state index in [4.69, 9.17) is 0 Å². The second-order valence-electron chi connectivity index (χ2n) is 10.8. The minimum Gasteiger partial charge on any atom is -0.355 e. The first-order chi connectivity index (χ1) is 21.6. The van der Waals surface area contributed by atoms with Gasteiger partial charge in [-0.2, -0.15) is 5.10 Å². The van der Waals surface area contributed by atoms with Crippen molar-refractivity contribution in [3.8, 4) is 22.4 Å². The average Bonchev–Trinajstić information content (AvgIpc) is 3.80. The molecule has 0 saturated heterocycles. The fourth-order valence-corrected chi connectivity index (χ4v) is 6.47. The molecule has 3 heterocycles. The van der Waals surface area contributed by atoms with Crippen LogP contribution in [0.1, 0.15) is 40.5 Å². The predicted octanol–water partition coefficient (Wildman–Crippen LogP) is 5.16. The first-order valence-electron chi connectivity index (χ1n) is 14.5. The van der Waals surface area contributed by atoms with Crippen LogP contribution in [0.3, 0.4) is 0 Å². The van der Waals surface area contributed by atoms with Crippen molar-refractivity contribution in [2.24, 2.45) is 0 Å². The minimum atomic E-state index is -3.74. The molecule has 1 N–H and O–H groups in total. The number of carbonyl (C=O) groups excluding carboxylic acids is 2. The van der Waals surface area contributed by atoms with Crippen LogP contribution in [0, 0.1) is 5.82 Å². The third-order valence-corrected chi connectivity index (χ3v) is 8.98. The van der Waals surface area contributed by atoms with E-state index in [1.807, 2.05) is 6.07 Å². The smallest absolute Gasteiger partial charge is 0.259 e. The number of nitrogens with zero attached hydrogens (tertiary/aromatic N) is 5. The lowest BCUT2D eigenvalue weighted by Crippen LogP contribution is -2.33. The Morgan fingerprint density at radius 2 is 1.78 bits per heavy atom. The Kier molecular flexibility index (Phi) is 7.83. The van der Waals surface area contributed by atoms with Crippen molar-refractivity contribution < 1.29 is 22.4 Å². The zero-order valence-electron chi connectivity index (χ0n) is 24.9. The lowest BCUT2D eigenvalue weighted by atomic mass is 9.99. The van der Waals surface area contributed by atoms with Gasteiger partial charge < -0.3 is 5.32 Å². The molecule has 1 aliphatic carbocycles. The van der Waals surface area contributed by atoms with Crippen LogP contribution >= 0.6 is 0 Å². The standard InChI is InChI=1S/C33H31FN6O4S/c1-4-39(45(3,43)44)28-20-38-27(30(32(41)35-2)31(37-38)21-11-13-24(34)14-12-21)19-26(28)22-8-7-9-23(18-22)33(42)40(25-15-16-25)29-10-5-6-17-36-29/h5-14,17-20,25H,4,15-16H2,1-3H3,(H,35,41). The summed E-state index contributed by atoms with van der Waals surface area (Å²) in [6.45, 7) is 1.85. The largest absolute Gasteiger partial charge is 0.355 e. The molecule has 5 aromatic rings. The first-order valence-corrected chi connectivity index (χ1v) is 16.3. The Labute approximate surface area is 260 Å². The summed E-state index contributed by atoms with van der Waals surface area (Å²) in [4.78, 5) is 33.3. The molecule has 6 rings (SSSR count). The molecule has 0 atom stereocenters. The summed E-state index contributed by atoms with van der Waals surface area (Å²) in [5.74, 6) is -0.504. The van der Waals surface area contributed by atoms with Crippen molar-refractivity contribution >= 4 is 38.9 Å². The Morgan fingerprint density at radius 3 is 2.40 bits per heavy atom. The molecule has 0 bridgehead atoms. The molecule has 0 spiro atoms. The quantitative estimate of drug-likeness (QED) is 0.242. The van der Waals surface area contributed by atoms with E-state index in [2.05, 4.69) is 15.4 Å². The maximum Gasteiger partial charge on any atom is 0.259 e. The summed E-state index contributed by atoms with van der Waals surface area (Å²) in [7, 11) is -2.24. The van der Waals surface area contributed by atoms with Gasteiger partial charge in [0, 0.05) is 42.5 Å². The highest BCUT2D eigenvalue weighted by Gasteiger charge is 2.35. The number of hydrogen-bond acceptors (Lipinski definition) is 6. The molecule has 1 aliphatic rings. The van der Waals surface area contributed by atoms with Gasteiger partial charge in [0.2, 0.25) is 10.0 Å². The van der Waals surface area contributed by atoms with Crippen LogP contribution in [0.2, 0.25) is 0 Å². The number of nitrogens with one attached hydrogen (secondary N) is 1. The summed E-state index contributed by atoms with van der Waals surface area (Å²) in [6, 6.07) is 19.8. The van der Waals surface area contributed by atoms with Crippen molar-refractivity contribution in [2.75, 3.05) is 29.1 Å². The van der Waals surface area contributed by atoms with Crippen molar-refractivity contribution in [2.45, 2.75) is 25.8 Å². The molecule has 45 heavy (non-hydrogen) atoms. The van der Waals surface area contributed by atoms with Crippen LogP contribution < -0.4 is 14.5 Å². The molecule has 2 aromatic carbocycles. The third kappa shape index (κ3) is 5.76. The molecule has 12 heteroatoms. The van der Waals surface area contributed by atoms with Crippen LogP contribution in [0.4, 0.5) is 15.9 Å². The number of fused-ring (bicyclic) bond motifs is 1. The van der Waals surface area contributed by atoms with Crippen LogP contribution in [0.5, 0.6) is 0 Å². The van der Waals surface area contributed by atoms with Crippen molar-refractivity contribution in [3.63, 3.8) is 0 Å². The number of amides is 2. The Hall–Kier alpha value is -5.10. The fourth-order valence-electron chi connectivity index (χ4n) is 5.50. The lowest BCUT2D eigenvalue weighted by Gasteiger charge is -2.24. The van der Waals surface area contributed by atoms with E-state index in [0.29, 0.717) is 45.0 Å². The molecule has 1 fully saturated rings. The van der Waals surface area contributed by atoms with E-state index in [-0.39, 0.29) is 24.1 Å². The highest BCUT2D eigenvalue weighted by molar-refractivity contribution is 7.92. The van der Waals surface area contributed by atoms with E-state index < -0.39 is 21.7 Å². The monoisotopic (exact) mass is 626 g/mol. The van der Waals surface area contributed by atoms with Gasteiger partial charge in [-0.3, -0.25) is 18.8 Å². The zero-order valence-corrected chi connectivity index (χ0v) is 25.8. The number of hydrogen-bond donors (Lipinski definition) is 1. The number of anilines is 2. The summed E-state index contributed by atoms with van der Waals surface area (Å²) < 4.78 is 42.4. The Bertz CT molecular complexity index is 2030. The molecule has 10 nitrogen and oxygen atoms in total. The number of halogens is 1. The Balaban J connectivity index is 1.56. The summed E-state index contributed by atoms with van der Waals surface area (Å²) in [5, 5.41) is 7.30. The predicted molar refractivity (Wildman–Crippen MR) is 171 cm³/mol. The van der Waals surface area contributed by atoms with Crippen molar-refractivity contribution in [1.82, 2.24) is 19.9 Å². The van der Waals surface area contributed by atoms with Gasteiger partial charge in [-0.1, -0.05) is 18.2 Å². The number of benzene rings is 2. The number of carbonyl (C=O) groups is 2. The minimum absolute atomic E-state index is 0.0515. The van der Waals surface area contributed by atoms with Gasteiger partial charge in [0.15, 0.2) is 0 Å². The summed E-state index contributed by atoms with van der Waals surface area (Å²) >= 11 is 0. The molecule has 2 amide bonds. The molecule has 0 aliphatic heterocycles. The number of sulfonamides is 1. The number of pyridine rings is 2. The van der Waals surface area contributed by atoms with Crippen molar-refractivity contribution in [1.29, 1.82) is 0 Å². The van der Waals surface area contributed by atoms with Crippen LogP contribution in [-0.4, -0.2) is 60.7 Å². The van der Waals surface area contributed by atoms with Gasteiger partial charge >= 0.3 is 0 Å².